The summed E-state index contributed by atoms with van der Waals surface area (Å²) in [6.07, 6.45) is 1.59. The minimum absolute atomic E-state index is 0.149. The molecule has 3 aromatic rings. The largest absolute Gasteiger partial charge is 0.465 e. The van der Waals surface area contributed by atoms with Crippen molar-refractivity contribution in [3.63, 3.8) is 0 Å². The van der Waals surface area contributed by atoms with Crippen LogP contribution in [-0.4, -0.2) is 47.1 Å². The van der Waals surface area contributed by atoms with Crippen LogP contribution in [0.15, 0.2) is 53.1 Å². The first-order chi connectivity index (χ1) is 15.5. The van der Waals surface area contributed by atoms with E-state index in [1.807, 2.05) is 0 Å². The summed E-state index contributed by atoms with van der Waals surface area (Å²) in [5.74, 6) is -0.395. The Morgan fingerprint density at radius 1 is 1.22 bits per heavy atom. The lowest BCUT2D eigenvalue weighted by Gasteiger charge is -2.31. The van der Waals surface area contributed by atoms with Crippen LogP contribution in [0.5, 0.6) is 0 Å². The van der Waals surface area contributed by atoms with Gasteiger partial charge in [0, 0.05) is 12.1 Å². The van der Waals surface area contributed by atoms with Gasteiger partial charge >= 0.3 is 5.97 Å². The molecule has 1 amide bonds. The average molecular weight is 438 g/mol. The highest BCUT2D eigenvalue weighted by Crippen LogP contribution is 2.23. The van der Waals surface area contributed by atoms with E-state index < -0.39 is 5.97 Å². The van der Waals surface area contributed by atoms with Crippen molar-refractivity contribution >= 4 is 17.6 Å². The molecule has 9 heteroatoms. The van der Waals surface area contributed by atoms with Gasteiger partial charge in [-0.05, 0) is 55.8 Å². The van der Waals surface area contributed by atoms with E-state index in [4.69, 9.17) is 9.26 Å². The molecule has 4 rings (SSSR count). The van der Waals surface area contributed by atoms with Gasteiger partial charge in [0.2, 0.25) is 17.6 Å². The number of nitrogens with one attached hydrogen (secondary N) is 1. The Morgan fingerprint density at radius 2 is 2.00 bits per heavy atom. The molecule has 1 fully saturated rings. The molecule has 32 heavy (non-hydrogen) atoms. The molecule has 0 spiro atoms. The molecular weight excluding hydrogens is 415 g/mol. The zero-order valence-corrected chi connectivity index (χ0v) is 17.6. The quantitative estimate of drug-likeness (QED) is 0.588. The van der Waals surface area contributed by atoms with Crippen LogP contribution < -0.4 is 5.32 Å². The van der Waals surface area contributed by atoms with Gasteiger partial charge in [0.25, 0.3) is 0 Å². The first-order valence-electron chi connectivity index (χ1n) is 10.3. The molecular formula is C23H23FN4O4. The lowest BCUT2D eigenvalue weighted by Crippen LogP contribution is -2.40. The molecule has 1 atom stereocenters. The number of hydrogen-bond donors (Lipinski definition) is 1. The molecule has 2 heterocycles. The van der Waals surface area contributed by atoms with Gasteiger partial charge < -0.3 is 14.6 Å². The minimum atomic E-state index is -0.500. The predicted molar refractivity (Wildman–Crippen MR) is 114 cm³/mol. The average Bonchev–Trinajstić information content (AvgIpc) is 3.28. The van der Waals surface area contributed by atoms with E-state index in [1.165, 1.54) is 19.2 Å². The SMILES string of the molecule is COC(=O)c1ccccc1NC(=O)C1CCCN(Cc2nc(-c3ccc(F)cc3)no2)C1. The van der Waals surface area contributed by atoms with Crippen molar-refractivity contribution in [2.75, 3.05) is 25.5 Å². The minimum Gasteiger partial charge on any atom is -0.465 e. The van der Waals surface area contributed by atoms with Gasteiger partial charge in [0.1, 0.15) is 5.82 Å². The predicted octanol–water partition coefficient (Wildman–Crippen LogP) is 3.51. The number of nitrogens with zero attached hydrogens (tertiary/aromatic N) is 3. The number of aromatic nitrogens is 2. The highest BCUT2D eigenvalue weighted by molar-refractivity contribution is 6.01. The fourth-order valence-corrected chi connectivity index (χ4v) is 3.75. The molecule has 1 N–H and O–H groups in total. The Balaban J connectivity index is 1.38. The molecule has 8 nitrogen and oxygen atoms in total. The van der Waals surface area contributed by atoms with Gasteiger partial charge in [0.05, 0.1) is 30.8 Å². The molecule has 1 unspecified atom stereocenters. The number of esters is 1. The summed E-state index contributed by atoms with van der Waals surface area (Å²) in [6, 6.07) is 12.6. The van der Waals surface area contributed by atoms with Crippen LogP contribution in [0.2, 0.25) is 0 Å². The van der Waals surface area contributed by atoms with E-state index >= 15 is 0 Å². The molecule has 0 aliphatic carbocycles. The Morgan fingerprint density at radius 3 is 2.78 bits per heavy atom. The first-order valence-corrected chi connectivity index (χ1v) is 10.3. The van der Waals surface area contributed by atoms with E-state index in [0.29, 0.717) is 41.6 Å². The van der Waals surface area contributed by atoms with Crippen LogP contribution in [0.1, 0.15) is 29.1 Å². The molecule has 2 aromatic carbocycles. The van der Waals surface area contributed by atoms with Gasteiger partial charge in [-0.25, -0.2) is 9.18 Å². The zero-order valence-electron chi connectivity index (χ0n) is 17.6. The summed E-state index contributed by atoms with van der Waals surface area (Å²) < 4.78 is 23.2. The number of rotatable bonds is 6. The van der Waals surface area contributed by atoms with E-state index in [9.17, 15) is 14.0 Å². The summed E-state index contributed by atoms with van der Waals surface area (Å²) in [7, 11) is 1.30. The summed E-state index contributed by atoms with van der Waals surface area (Å²) >= 11 is 0. The van der Waals surface area contributed by atoms with Gasteiger partial charge in [-0.15, -0.1) is 0 Å². The number of anilines is 1. The van der Waals surface area contributed by atoms with Crippen molar-refractivity contribution in [3.8, 4) is 11.4 Å². The van der Waals surface area contributed by atoms with Crippen LogP contribution in [0.4, 0.5) is 10.1 Å². The van der Waals surface area contributed by atoms with Crippen molar-refractivity contribution in [1.29, 1.82) is 0 Å². The summed E-state index contributed by atoms with van der Waals surface area (Å²) in [4.78, 5) is 31.3. The maximum Gasteiger partial charge on any atom is 0.339 e. The van der Waals surface area contributed by atoms with Crippen LogP contribution in [0, 0.1) is 11.7 Å². The van der Waals surface area contributed by atoms with E-state index in [2.05, 4.69) is 20.4 Å². The van der Waals surface area contributed by atoms with E-state index in [0.717, 1.165) is 19.4 Å². The number of carbonyl (C=O) groups excluding carboxylic acids is 2. The normalized spacial score (nSPS) is 16.5. The second kappa shape index (κ2) is 9.69. The van der Waals surface area contributed by atoms with Crippen LogP contribution in [-0.2, 0) is 16.1 Å². The number of ether oxygens (including phenoxy) is 1. The molecule has 0 radical (unpaired) electrons. The third kappa shape index (κ3) is 5.00. The standard InChI is InChI=1S/C23H23FN4O4/c1-31-23(30)18-6-2-3-7-19(18)25-22(29)16-5-4-12-28(13-16)14-20-26-21(27-32-20)15-8-10-17(24)11-9-15/h2-3,6-11,16H,4-5,12-14H2,1H3,(H,25,29). The number of carbonyl (C=O) groups is 2. The topological polar surface area (TPSA) is 97.6 Å². The molecule has 166 valence electrons. The van der Waals surface area contributed by atoms with Crippen molar-refractivity contribution in [3.05, 3.63) is 65.8 Å². The maximum absolute atomic E-state index is 13.1. The van der Waals surface area contributed by atoms with E-state index in [1.54, 1.807) is 36.4 Å². The van der Waals surface area contributed by atoms with Crippen molar-refractivity contribution in [1.82, 2.24) is 15.0 Å². The summed E-state index contributed by atoms with van der Waals surface area (Å²) in [6.45, 7) is 1.74. The number of amides is 1. The Bertz CT molecular complexity index is 1100. The smallest absolute Gasteiger partial charge is 0.339 e. The number of piperidine rings is 1. The van der Waals surface area contributed by atoms with Crippen molar-refractivity contribution in [2.24, 2.45) is 5.92 Å². The molecule has 1 aliphatic heterocycles. The lowest BCUT2D eigenvalue weighted by molar-refractivity contribution is -0.121. The van der Waals surface area contributed by atoms with Crippen molar-refractivity contribution < 1.29 is 23.2 Å². The highest BCUT2D eigenvalue weighted by atomic mass is 19.1. The van der Waals surface area contributed by atoms with E-state index in [-0.39, 0.29) is 17.6 Å². The highest BCUT2D eigenvalue weighted by Gasteiger charge is 2.28. The third-order valence-electron chi connectivity index (χ3n) is 5.40. The maximum atomic E-state index is 13.1. The number of para-hydroxylation sites is 1. The molecule has 0 bridgehead atoms. The summed E-state index contributed by atoms with van der Waals surface area (Å²) in [5, 5.41) is 6.83. The number of halogens is 1. The van der Waals surface area contributed by atoms with Crippen LogP contribution >= 0.6 is 0 Å². The Kier molecular flexibility index (Phi) is 6.55. The zero-order chi connectivity index (χ0) is 22.5. The summed E-state index contributed by atoms with van der Waals surface area (Å²) in [5.41, 5.74) is 1.42. The number of likely N-dealkylation sites (tertiary alicyclic amines) is 1. The Hall–Kier alpha value is -3.59. The number of methoxy groups -OCH3 is 1. The van der Waals surface area contributed by atoms with Gasteiger partial charge in [0.15, 0.2) is 0 Å². The molecule has 1 aromatic heterocycles. The molecule has 1 saturated heterocycles. The second-order valence-corrected chi connectivity index (χ2v) is 7.62. The second-order valence-electron chi connectivity index (χ2n) is 7.62. The van der Waals surface area contributed by atoms with Crippen molar-refractivity contribution in [2.45, 2.75) is 19.4 Å². The molecule has 0 saturated carbocycles. The van der Waals surface area contributed by atoms with Crippen LogP contribution in [0.3, 0.4) is 0 Å². The molecule has 1 aliphatic rings. The van der Waals surface area contributed by atoms with Gasteiger partial charge in [-0.1, -0.05) is 17.3 Å². The lowest BCUT2D eigenvalue weighted by atomic mass is 9.97. The number of hydrogen-bond acceptors (Lipinski definition) is 7. The van der Waals surface area contributed by atoms with Gasteiger partial charge in [-0.3, -0.25) is 9.69 Å². The van der Waals surface area contributed by atoms with Crippen LogP contribution in [0.25, 0.3) is 11.4 Å². The third-order valence-corrected chi connectivity index (χ3v) is 5.40. The first kappa shape index (κ1) is 21.6. The Labute approximate surface area is 184 Å². The fraction of sp³-hybridized carbons (Fsp3) is 0.304. The fourth-order valence-electron chi connectivity index (χ4n) is 3.75. The monoisotopic (exact) mass is 438 g/mol. The van der Waals surface area contributed by atoms with Gasteiger partial charge in [-0.2, -0.15) is 4.98 Å². The number of benzene rings is 2.